The molecule has 0 radical (unpaired) electrons. The molecule has 2 aliphatic carbocycles. The maximum absolute atomic E-state index is 2.54. The van der Waals surface area contributed by atoms with E-state index in [1.54, 1.807) is 0 Å². The van der Waals surface area contributed by atoms with Crippen LogP contribution in [0.2, 0.25) is 0 Å². The van der Waals surface area contributed by atoms with Gasteiger partial charge in [0.1, 0.15) is 0 Å². The minimum absolute atomic E-state index is 0.126. The van der Waals surface area contributed by atoms with E-state index in [2.05, 4.69) is 280 Å². The van der Waals surface area contributed by atoms with Crippen LogP contribution in [-0.4, -0.2) is 0 Å². The van der Waals surface area contributed by atoms with E-state index in [-0.39, 0.29) is 5.41 Å². The quantitative estimate of drug-likeness (QED) is 0.147. The molecule has 0 atom stereocenters. The molecule has 2 aliphatic rings. The first kappa shape index (κ1) is 40.7. The summed E-state index contributed by atoms with van der Waals surface area (Å²) in [6.45, 7) is 4.75. The summed E-state index contributed by atoms with van der Waals surface area (Å²) in [6, 6.07) is 97.0. The van der Waals surface area contributed by atoms with Crippen LogP contribution >= 0.6 is 0 Å². The van der Waals surface area contributed by atoms with Gasteiger partial charge < -0.3 is 4.90 Å². The summed E-state index contributed by atoms with van der Waals surface area (Å²) in [4.78, 5) is 2.54. The number of benzene rings is 11. The van der Waals surface area contributed by atoms with Crippen LogP contribution in [0, 0.1) is 0 Å². The molecule has 13 rings (SSSR count). The Labute approximate surface area is 405 Å². The molecule has 326 valence electrons. The average molecular weight is 880 g/mol. The summed E-state index contributed by atoms with van der Waals surface area (Å²) in [7, 11) is 0. The Balaban J connectivity index is 1.13. The maximum atomic E-state index is 2.54. The minimum Gasteiger partial charge on any atom is -0.310 e. The fourth-order valence-electron chi connectivity index (χ4n) is 12.1. The number of hydrogen-bond donors (Lipinski definition) is 0. The number of rotatable bonds is 8. The minimum atomic E-state index is -0.506. The zero-order valence-electron chi connectivity index (χ0n) is 38.8. The van der Waals surface area contributed by atoms with E-state index in [1.165, 1.54) is 94.2 Å². The maximum Gasteiger partial charge on any atom is 0.0713 e. The lowest BCUT2D eigenvalue weighted by Gasteiger charge is -2.34. The summed E-state index contributed by atoms with van der Waals surface area (Å²) < 4.78 is 0. The highest BCUT2D eigenvalue weighted by molar-refractivity contribution is 6.07. The van der Waals surface area contributed by atoms with Crippen LogP contribution < -0.4 is 4.90 Å². The topological polar surface area (TPSA) is 3.24 Å². The van der Waals surface area contributed by atoms with Gasteiger partial charge in [-0.15, -0.1) is 0 Å². The summed E-state index contributed by atoms with van der Waals surface area (Å²) in [5, 5.41) is 2.42. The van der Waals surface area contributed by atoms with Crippen LogP contribution in [0.1, 0.15) is 47.2 Å². The first-order valence-electron chi connectivity index (χ1n) is 24.2. The first-order chi connectivity index (χ1) is 34.0. The van der Waals surface area contributed by atoms with E-state index in [0.717, 1.165) is 22.6 Å². The van der Waals surface area contributed by atoms with Gasteiger partial charge in [-0.25, -0.2) is 0 Å². The molecular weight excluding hydrogens is 831 g/mol. The number of hydrogen-bond acceptors (Lipinski definition) is 1. The molecule has 1 heteroatoms. The fourth-order valence-corrected chi connectivity index (χ4v) is 12.1. The van der Waals surface area contributed by atoms with E-state index in [0.29, 0.717) is 0 Å². The van der Waals surface area contributed by atoms with Crippen LogP contribution in [0.15, 0.2) is 261 Å². The molecule has 0 spiro atoms. The third kappa shape index (κ3) is 6.24. The van der Waals surface area contributed by atoms with Gasteiger partial charge in [-0.1, -0.05) is 244 Å². The van der Waals surface area contributed by atoms with Gasteiger partial charge in [0.2, 0.25) is 0 Å². The molecule has 1 nitrogen and oxygen atoms in total. The molecule has 11 aromatic carbocycles. The highest BCUT2D eigenvalue weighted by atomic mass is 15.1. The first-order valence-corrected chi connectivity index (χ1v) is 24.2. The second-order valence-corrected chi connectivity index (χ2v) is 19.1. The van der Waals surface area contributed by atoms with E-state index in [1.807, 2.05) is 0 Å². The molecule has 69 heavy (non-hydrogen) atoms. The van der Waals surface area contributed by atoms with Crippen molar-refractivity contribution in [2.24, 2.45) is 0 Å². The van der Waals surface area contributed by atoms with Crippen molar-refractivity contribution in [1.82, 2.24) is 0 Å². The van der Waals surface area contributed by atoms with Gasteiger partial charge >= 0.3 is 0 Å². The Morgan fingerprint density at radius 2 is 0.826 bits per heavy atom. The molecule has 0 heterocycles. The largest absolute Gasteiger partial charge is 0.310 e. The van der Waals surface area contributed by atoms with E-state index >= 15 is 0 Å². The predicted molar refractivity (Wildman–Crippen MR) is 290 cm³/mol. The van der Waals surface area contributed by atoms with Crippen molar-refractivity contribution in [1.29, 1.82) is 0 Å². The van der Waals surface area contributed by atoms with Crippen molar-refractivity contribution in [2.75, 3.05) is 4.90 Å². The lowest BCUT2D eigenvalue weighted by molar-refractivity contribution is 0.660. The highest BCUT2D eigenvalue weighted by Crippen LogP contribution is 2.58. The van der Waals surface area contributed by atoms with Gasteiger partial charge in [-0.2, -0.15) is 0 Å². The molecule has 0 fully saturated rings. The molecule has 0 N–H and O–H groups in total. The average Bonchev–Trinajstić information content (AvgIpc) is 3.85. The second-order valence-electron chi connectivity index (χ2n) is 19.1. The molecule has 0 aliphatic heterocycles. The molecule has 0 saturated carbocycles. The van der Waals surface area contributed by atoms with Crippen molar-refractivity contribution >= 4 is 27.8 Å². The third-order valence-corrected chi connectivity index (χ3v) is 15.1. The van der Waals surface area contributed by atoms with Gasteiger partial charge in [0, 0.05) is 22.4 Å². The zero-order chi connectivity index (χ0) is 46.1. The van der Waals surface area contributed by atoms with Crippen molar-refractivity contribution in [3.8, 4) is 55.6 Å². The number of anilines is 3. The highest BCUT2D eigenvalue weighted by Gasteiger charge is 2.46. The Hall–Kier alpha value is -8.52. The second kappa shape index (κ2) is 16.1. The van der Waals surface area contributed by atoms with Crippen molar-refractivity contribution in [2.45, 2.75) is 24.7 Å². The molecule has 0 bridgehead atoms. The number of fused-ring (bicyclic) bond motifs is 7. The number of nitrogens with zero attached hydrogens (tertiary/aromatic N) is 1. The normalized spacial score (nSPS) is 13.6. The zero-order valence-corrected chi connectivity index (χ0v) is 38.8. The molecule has 0 saturated heterocycles. The van der Waals surface area contributed by atoms with Gasteiger partial charge in [0.25, 0.3) is 0 Å². The monoisotopic (exact) mass is 879 g/mol. The van der Waals surface area contributed by atoms with Crippen molar-refractivity contribution in [3.05, 3.63) is 294 Å². The Kier molecular flexibility index (Phi) is 9.49. The van der Waals surface area contributed by atoms with Crippen LogP contribution in [0.4, 0.5) is 17.1 Å². The summed E-state index contributed by atoms with van der Waals surface area (Å²) in [5.41, 5.74) is 22.8. The smallest absolute Gasteiger partial charge is 0.0713 e. The van der Waals surface area contributed by atoms with Crippen molar-refractivity contribution < 1.29 is 0 Å². The fraction of sp³-hybridized carbons (Fsp3) is 0.0588. The molecular formula is C68H49N. The van der Waals surface area contributed by atoms with Crippen LogP contribution in [0.3, 0.4) is 0 Å². The molecule has 0 amide bonds. The van der Waals surface area contributed by atoms with E-state index < -0.39 is 5.41 Å². The Bertz CT molecular complexity index is 3700. The SMILES string of the molecule is CC1(C)c2ccccc2-c2c(-c3cc(N(c4ccc5c(c4)-c4ccccc4C5(c4ccccc4)c4ccccc4)c4cccc(-c5ccccc5)c4-c4ccccc4)cc4ccccc34)cccc21. The summed E-state index contributed by atoms with van der Waals surface area (Å²) >= 11 is 0. The van der Waals surface area contributed by atoms with E-state index in [9.17, 15) is 0 Å². The van der Waals surface area contributed by atoms with Gasteiger partial charge in [-0.3, -0.25) is 0 Å². The summed E-state index contributed by atoms with van der Waals surface area (Å²) in [6.07, 6.45) is 0. The third-order valence-electron chi connectivity index (χ3n) is 15.1. The Morgan fingerprint density at radius 3 is 1.55 bits per heavy atom. The molecule has 0 aromatic heterocycles. The lowest BCUT2D eigenvalue weighted by atomic mass is 9.68. The van der Waals surface area contributed by atoms with E-state index in [4.69, 9.17) is 0 Å². The molecule has 11 aromatic rings. The lowest BCUT2D eigenvalue weighted by Crippen LogP contribution is -2.28. The summed E-state index contributed by atoms with van der Waals surface area (Å²) in [5.74, 6) is 0. The van der Waals surface area contributed by atoms with Crippen molar-refractivity contribution in [3.63, 3.8) is 0 Å². The van der Waals surface area contributed by atoms with Gasteiger partial charge in [0.15, 0.2) is 0 Å². The van der Waals surface area contributed by atoms with Gasteiger partial charge in [-0.05, 0) is 125 Å². The predicted octanol–water partition coefficient (Wildman–Crippen LogP) is 18.0. The van der Waals surface area contributed by atoms with Crippen LogP contribution in [0.25, 0.3) is 66.4 Å². The Morgan fingerprint density at radius 1 is 0.304 bits per heavy atom. The van der Waals surface area contributed by atoms with Gasteiger partial charge in [0.05, 0.1) is 11.1 Å². The van der Waals surface area contributed by atoms with Crippen LogP contribution in [0.5, 0.6) is 0 Å². The molecule has 0 unspecified atom stereocenters. The standard InChI is InChI=1S/C68H49N/c1-67(2)60-37-19-18-34-57(60)66-56(36-21-39-63(66)67)58-45-52(43-48-27-15-16-32-53(48)58)69(64-40-22-35-54(46-23-7-3-8-24-46)65(64)47-25-9-4-10-26-47)51-41-42-62-59(44-51)55-33-17-20-38-61(55)68(62,49-28-11-5-12-29-49)50-30-13-6-14-31-50/h3-45H,1-2H3. The van der Waals surface area contributed by atoms with Crippen LogP contribution in [-0.2, 0) is 10.8 Å².